The molecule has 0 rings (SSSR count). The van der Waals surface area contributed by atoms with Crippen molar-refractivity contribution in [3.63, 3.8) is 0 Å². The molecule has 0 aromatic heterocycles. The Bertz CT molecular complexity index is 550. The van der Waals surface area contributed by atoms with Crippen molar-refractivity contribution in [3.05, 3.63) is 0 Å². The van der Waals surface area contributed by atoms with Crippen LogP contribution in [0.2, 0.25) is 0 Å². The third kappa shape index (κ3) is 45.3. The van der Waals surface area contributed by atoms with Crippen LogP contribution < -0.4 is 59.1 Å². The molecule has 0 heterocycles. The first-order valence-electron chi connectivity index (χ1n) is 11.3. The first-order valence-corrected chi connectivity index (χ1v) is 14.0. The van der Waals surface area contributed by atoms with E-state index in [1.807, 2.05) is 0 Å². The van der Waals surface area contributed by atoms with Gasteiger partial charge in [-0.15, -0.1) is 0 Å². The van der Waals surface area contributed by atoms with E-state index in [1.165, 1.54) is 64.2 Å². The number of hydrogen-bond acceptors (Lipinski definition) is 8. The Morgan fingerprint density at radius 3 is 0.969 bits per heavy atom. The van der Waals surface area contributed by atoms with E-state index in [0.29, 0.717) is 0 Å². The third-order valence-corrected chi connectivity index (χ3v) is 5.36. The van der Waals surface area contributed by atoms with Gasteiger partial charge in [0.25, 0.3) is 0 Å². The zero-order valence-electron chi connectivity index (χ0n) is 20.8. The van der Waals surface area contributed by atoms with Crippen LogP contribution in [-0.4, -0.2) is 39.2 Å². The zero-order chi connectivity index (χ0) is 23.1. The van der Waals surface area contributed by atoms with Gasteiger partial charge in [-0.1, -0.05) is 104 Å². The summed E-state index contributed by atoms with van der Waals surface area (Å²) in [5.74, 6) is 0. The predicted octanol–water partition coefficient (Wildman–Crippen LogP) is -0.784. The summed E-state index contributed by atoms with van der Waals surface area (Å²) < 4.78 is 67.0. The molecule has 0 aromatic rings. The van der Waals surface area contributed by atoms with Gasteiger partial charge in [0.1, 0.15) is 0 Å². The van der Waals surface area contributed by atoms with E-state index in [1.54, 1.807) is 0 Å². The molecule has 0 saturated heterocycles. The van der Waals surface area contributed by atoms with Crippen molar-refractivity contribution >= 4 is 20.8 Å². The van der Waals surface area contributed by atoms with Crippen LogP contribution in [0.5, 0.6) is 0 Å². The summed E-state index contributed by atoms with van der Waals surface area (Å²) in [4.78, 5) is 0. The van der Waals surface area contributed by atoms with Gasteiger partial charge >= 0.3 is 69.5 Å². The number of hydrogen-bond donors (Lipinski definition) is 0. The summed E-state index contributed by atoms with van der Waals surface area (Å²) in [7, 11) is -8.96. The van der Waals surface area contributed by atoms with Crippen molar-refractivity contribution in [2.75, 3.05) is 13.2 Å². The molecular weight excluding hydrogens is 478 g/mol. The van der Waals surface area contributed by atoms with E-state index in [2.05, 4.69) is 13.8 Å². The summed E-state index contributed by atoms with van der Waals surface area (Å²) in [5, 5.41) is 0. The zero-order valence-corrected chi connectivity index (χ0v) is 26.4. The van der Waals surface area contributed by atoms with Crippen LogP contribution in [0.3, 0.4) is 0 Å². The Morgan fingerprint density at radius 1 is 0.500 bits per heavy atom. The number of rotatable bonds is 20. The maximum atomic E-state index is 11.6. The van der Waals surface area contributed by atoms with Crippen molar-refractivity contribution < 1.29 is 93.4 Å². The minimum absolute atomic E-state index is 0. The molecule has 0 spiro atoms. The van der Waals surface area contributed by atoms with Crippen LogP contribution in [0.4, 0.5) is 0 Å². The van der Waals surface area contributed by atoms with Crippen LogP contribution in [0.1, 0.15) is 117 Å². The molecule has 8 nitrogen and oxygen atoms in total. The Kier molecular flexibility index (Phi) is 37.0. The topological polar surface area (TPSA) is 133 Å². The van der Waals surface area contributed by atoms with Gasteiger partial charge < -0.3 is 9.11 Å². The fourth-order valence-corrected chi connectivity index (χ4v) is 3.54. The quantitative estimate of drug-likeness (QED) is 0.0883. The van der Waals surface area contributed by atoms with Gasteiger partial charge in [0.2, 0.25) is 0 Å². The van der Waals surface area contributed by atoms with Crippen LogP contribution in [0.25, 0.3) is 0 Å². The molecule has 0 N–H and O–H groups in total. The van der Waals surface area contributed by atoms with Gasteiger partial charge in [-0.05, 0) is 12.8 Å². The second-order valence-corrected chi connectivity index (χ2v) is 9.51. The van der Waals surface area contributed by atoms with E-state index in [0.717, 1.165) is 38.5 Å². The minimum Gasteiger partial charge on any atom is -0.759 e. The molecule has 0 fully saturated rings. The molecule has 0 aliphatic carbocycles. The Hall–Kier alpha value is 1.74. The smallest absolute Gasteiger partial charge is 0.759 e. The Balaban J connectivity index is -0.000000501. The third-order valence-electron chi connectivity index (χ3n) is 4.45. The molecule has 12 heteroatoms. The molecule has 184 valence electrons. The molecule has 0 aliphatic heterocycles. The van der Waals surface area contributed by atoms with Gasteiger partial charge in [-0.3, -0.25) is 8.42 Å². The van der Waals surface area contributed by atoms with Crippen LogP contribution in [0.15, 0.2) is 0 Å². The monoisotopic (exact) mass is 520 g/mol. The van der Waals surface area contributed by atoms with E-state index in [-0.39, 0.29) is 72.3 Å². The normalized spacial score (nSPS) is 11.1. The fourth-order valence-electron chi connectivity index (χ4n) is 2.83. The largest absolute Gasteiger partial charge is 1.00 e. The van der Waals surface area contributed by atoms with Crippen molar-refractivity contribution in [2.45, 2.75) is 117 Å². The van der Waals surface area contributed by atoms with Crippen molar-refractivity contribution in [2.24, 2.45) is 0 Å². The molecule has 0 atom stereocenters. The molecule has 0 bridgehead atoms. The summed E-state index contributed by atoms with van der Waals surface area (Å²) >= 11 is 0. The standard InChI is InChI=1S/C20H42O4S.2Na.H2O4S/c1-3-5-7-9-11-12-13-14-16-18-20-24-25(21,22)23-19-17-15-10-8-6-4-2;;;1-5(2,3)4/h3-20H2,1-2H3;;;(H2,1,2,3,4)/q;2*+1;/p-2. The van der Waals surface area contributed by atoms with Gasteiger partial charge in [0.15, 0.2) is 0 Å². The fraction of sp³-hybridized carbons (Fsp3) is 1.00. The van der Waals surface area contributed by atoms with Gasteiger partial charge in [-0.2, -0.15) is 8.42 Å². The van der Waals surface area contributed by atoms with E-state index < -0.39 is 20.8 Å². The summed E-state index contributed by atoms with van der Waals surface area (Å²) in [5.41, 5.74) is 0. The van der Waals surface area contributed by atoms with Gasteiger partial charge in [-0.25, -0.2) is 8.37 Å². The van der Waals surface area contributed by atoms with Crippen molar-refractivity contribution in [1.29, 1.82) is 0 Å². The Morgan fingerprint density at radius 2 is 0.719 bits per heavy atom. The first kappa shape index (κ1) is 40.9. The predicted molar refractivity (Wildman–Crippen MR) is 117 cm³/mol. The van der Waals surface area contributed by atoms with Crippen molar-refractivity contribution in [1.82, 2.24) is 0 Å². The van der Waals surface area contributed by atoms with Crippen LogP contribution in [-0.2, 0) is 29.2 Å². The van der Waals surface area contributed by atoms with Crippen LogP contribution in [0, 0.1) is 0 Å². The van der Waals surface area contributed by atoms with Gasteiger partial charge in [0.05, 0.1) is 13.2 Å². The van der Waals surface area contributed by atoms with E-state index in [4.69, 9.17) is 25.9 Å². The maximum Gasteiger partial charge on any atom is 1.00 e. The molecule has 0 radical (unpaired) electrons. The van der Waals surface area contributed by atoms with E-state index >= 15 is 0 Å². The molecule has 0 aromatic carbocycles. The molecule has 0 aliphatic rings. The molecule has 0 unspecified atom stereocenters. The van der Waals surface area contributed by atoms with E-state index in [9.17, 15) is 8.42 Å². The SMILES string of the molecule is CCCCCCCCCCCCOS(=O)(=O)OCCCCCCCC.O=S(=O)([O-])[O-].[Na+].[Na+]. The molecule has 32 heavy (non-hydrogen) atoms. The molecule has 0 amide bonds. The average Bonchev–Trinajstić information content (AvgIpc) is 2.64. The van der Waals surface area contributed by atoms with Crippen molar-refractivity contribution in [3.8, 4) is 0 Å². The minimum atomic E-state index is -5.17. The number of unbranched alkanes of at least 4 members (excludes halogenated alkanes) is 14. The van der Waals surface area contributed by atoms with Gasteiger partial charge in [0, 0.05) is 10.4 Å². The second kappa shape index (κ2) is 29.0. The average molecular weight is 521 g/mol. The maximum absolute atomic E-state index is 11.6. The first-order chi connectivity index (χ1) is 14.1. The molecular formula is C20H42Na2O8S2. The molecule has 0 saturated carbocycles. The Labute approximate surface area is 241 Å². The summed E-state index contributed by atoms with van der Waals surface area (Å²) in [6, 6.07) is 0. The second-order valence-electron chi connectivity index (χ2n) is 7.41. The summed E-state index contributed by atoms with van der Waals surface area (Å²) in [6.45, 7) is 4.91. The van der Waals surface area contributed by atoms with Crippen LogP contribution >= 0.6 is 0 Å². The summed E-state index contributed by atoms with van der Waals surface area (Å²) in [6.07, 6.45) is 18.9.